The maximum Gasteiger partial charge on any atom is 0.529 e. The van der Waals surface area contributed by atoms with Gasteiger partial charge in [-0.1, -0.05) is 18.2 Å². The topological polar surface area (TPSA) is 106 Å². The molecule has 39 heavy (non-hydrogen) atoms. The molecule has 9 nitrogen and oxygen atoms in total. The molecule has 2 aromatic carbocycles. The Morgan fingerprint density at radius 3 is 2.31 bits per heavy atom. The van der Waals surface area contributed by atoms with Gasteiger partial charge in [-0.25, -0.2) is 14.6 Å². The smallest absolute Gasteiger partial charge is 0.444 e. The quantitative estimate of drug-likeness (QED) is 0.199. The van der Waals surface area contributed by atoms with E-state index in [1.807, 2.05) is 29.6 Å². The van der Waals surface area contributed by atoms with E-state index in [1.165, 1.54) is 17.3 Å². The molecule has 2 heterocycles. The Hall–Kier alpha value is -4.28. The van der Waals surface area contributed by atoms with Crippen molar-refractivity contribution in [3.05, 3.63) is 84.0 Å². The van der Waals surface area contributed by atoms with Gasteiger partial charge in [-0.15, -0.1) is 15.8 Å². The standard InChI is InChI=1S/C29H29N3O6S/c1-29(2,3)38-27(34)31(4)17-15-25-30-16-18-32(25,28(35)36)22-11-13-23(14-12-22)37-26(33)21-9-7-20(8-10-21)24-6-5-19-39-24/h5-14,16,18-19H,15,17H2,1-4H3/p+1. The molecule has 0 fully saturated rings. The maximum absolute atomic E-state index is 12.7. The van der Waals surface area contributed by atoms with Gasteiger partial charge in [0.05, 0.1) is 18.2 Å². The number of ether oxygens (including phenoxy) is 2. The lowest BCUT2D eigenvalue weighted by Crippen LogP contribution is -2.52. The van der Waals surface area contributed by atoms with E-state index in [9.17, 15) is 19.5 Å². The van der Waals surface area contributed by atoms with Gasteiger partial charge < -0.3 is 19.5 Å². The molecule has 0 aliphatic carbocycles. The van der Waals surface area contributed by atoms with Crippen molar-refractivity contribution in [3.8, 4) is 16.2 Å². The van der Waals surface area contributed by atoms with Crippen LogP contribution in [0.15, 0.2) is 83.4 Å². The Kier molecular flexibility index (Phi) is 7.98. The van der Waals surface area contributed by atoms with E-state index >= 15 is 0 Å². The number of amidine groups is 1. The van der Waals surface area contributed by atoms with Gasteiger partial charge in [-0.2, -0.15) is 4.79 Å². The van der Waals surface area contributed by atoms with Crippen LogP contribution in [0.5, 0.6) is 5.75 Å². The highest BCUT2D eigenvalue weighted by Gasteiger charge is 2.46. The van der Waals surface area contributed by atoms with Crippen LogP contribution in [0.3, 0.4) is 0 Å². The minimum absolute atomic E-state index is 0.202. The largest absolute Gasteiger partial charge is 0.529 e. The molecule has 1 atom stereocenters. The molecule has 0 radical (unpaired) electrons. The fourth-order valence-electron chi connectivity index (χ4n) is 3.98. The first kappa shape index (κ1) is 27.7. The Balaban J connectivity index is 1.44. The number of esters is 1. The van der Waals surface area contributed by atoms with Gasteiger partial charge in [-0.05, 0) is 62.0 Å². The number of aliphatic imine (C=N–C) groups is 1. The van der Waals surface area contributed by atoms with Crippen molar-refractivity contribution >= 4 is 41.0 Å². The lowest BCUT2D eigenvalue weighted by molar-refractivity contribution is 0.0302. The van der Waals surface area contributed by atoms with Gasteiger partial charge in [0, 0.05) is 30.6 Å². The zero-order chi connectivity index (χ0) is 28.2. The maximum atomic E-state index is 12.7. The van der Waals surface area contributed by atoms with Gasteiger partial charge in [0.15, 0.2) is 5.69 Å². The van der Waals surface area contributed by atoms with Crippen LogP contribution < -0.4 is 9.22 Å². The van der Waals surface area contributed by atoms with E-state index in [1.54, 1.807) is 75.6 Å². The van der Waals surface area contributed by atoms with Crippen molar-refractivity contribution in [2.75, 3.05) is 13.6 Å². The summed E-state index contributed by atoms with van der Waals surface area (Å²) in [6.45, 7) is 5.54. The molecule has 0 saturated heterocycles. The molecule has 202 valence electrons. The second kappa shape index (κ2) is 11.2. The zero-order valence-electron chi connectivity index (χ0n) is 22.2. The molecule has 3 aromatic rings. The molecular weight excluding hydrogens is 518 g/mol. The number of quaternary nitrogens is 1. The summed E-state index contributed by atoms with van der Waals surface area (Å²) in [6.07, 6.45) is 1.44. The molecular formula is C29H30N3O6S+. The van der Waals surface area contributed by atoms with Crippen LogP contribution in [-0.4, -0.2) is 53.2 Å². The predicted octanol–water partition coefficient (Wildman–Crippen LogP) is 6.76. The van der Waals surface area contributed by atoms with Gasteiger partial charge in [0.2, 0.25) is 5.84 Å². The number of carbonyl (C=O) groups excluding carboxylic acids is 2. The van der Waals surface area contributed by atoms with E-state index in [4.69, 9.17) is 9.47 Å². The molecule has 0 spiro atoms. The molecule has 4 rings (SSSR count). The predicted molar refractivity (Wildman–Crippen MR) is 151 cm³/mol. The third-order valence-electron chi connectivity index (χ3n) is 5.98. The molecule has 2 amide bonds. The summed E-state index contributed by atoms with van der Waals surface area (Å²) in [5, 5.41) is 12.2. The number of hydrogen-bond donors (Lipinski definition) is 1. The first-order valence-electron chi connectivity index (χ1n) is 12.3. The Labute approximate surface area is 230 Å². The monoisotopic (exact) mass is 548 g/mol. The van der Waals surface area contributed by atoms with Gasteiger partial charge >= 0.3 is 18.2 Å². The van der Waals surface area contributed by atoms with E-state index in [-0.39, 0.29) is 18.7 Å². The number of rotatable bonds is 7. The fraction of sp³-hybridized carbons (Fsp3) is 0.241. The second-order valence-electron chi connectivity index (χ2n) is 9.94. The number of carbonyl (C=O) groups is 3. The molecule has 1 N–H and O–H groups in total. The molecule has 10 heteroatoms. The minimum Gasteiger partial charge on any atom is -0.444 e. The number of nitrogens with zero attached hydrogens (tertiary/aromatic N) is 3. The summed E-state index contributed by atoms with van der Waals surface area (Å²) < 4.78 is 10.2. The summed E-state index contributed by atoms with van der Waals surface area (Å²) in [5.74, 6) is 0.0885. The Bertz CT molecular complexity index is 1410. The first-order chi connectivity index (χ1) is 18.5. The van der Waals surface area contributed by atoms with Crippen molar-refractivity contribution < 1.29 is 29.0 Å². The van der Waals surface area contributed by atoms with Crippen molar-refractivity contribution in [2.24, 2.45) is 4.99 Å². The number of carboxylic acid groups (broad SMARTS) is 1. The van der Waals surface area contributed by atoms with Crippen LogP contribution in [0.1, 0.15) is 37.6 Å². The molecule has 1 unspecified atom stereocenters. The normalized spacial score (nSPS) is 16.5. The number of thiophene rings is 1. The van der Waals surface area contributed by atoms with Crippen LogP contribution >= 0.6 is 11.3 Å². The SMILES string of the molecule is CN(CCC1=NC=C[N+]1(C(=O)O)c1ccc(OC(=O)c2ccc(-c3cccs3)cc2)cc1)C(=O)OC(C)(C)C. The van der Waals surface area contributed by atoms with E-state index in [0.717, 1.165) is 10.4 Å². The van der Waals surface area contributed by atoms with Crippen molar-refractivity contribution in [2.45, 2.75) is 32.8 Å². The zero-order valence-corrected chi connectivity index (χ0v) is 23.0. The van der Waals surface area contributed by atoms with Gasteiger partial charge in [0.1, 0.15) is 17.6 Å². The summed E-state index contributed by atoms with van der Waals surface area (Å²) in [4.78, 5) is 44.3. The summed E-state index contributed by atoms with van der Waals surface area (Å²) in [6, 6.07) is 17.4. The number of amides is 2. The van der Waals surface area contributed by atoms with Crippen LogP contribution in [0.2, 0.25) is 0 Å². The van der Waals surface area contributed by atoms with Crippen molar-refractivity contribution in [1.29, 1.82) is 0 Å². The summed E-state index contributed by atoms with van der Waals surface area (Å²) >= 11 is 1.62. The third-order valence-corrected chi connectivity index (χ3v) is 6.90. The minimum atomic E-state index is -1.15. The Morgan fingerprint density at radius 2 is 1.72 bits per heavy atom. The van der Waals surface area contributed by atoms with Crippen LogP contribution in [-0.2, 0) is 4.74 Å². The fourth-order valence-corrected chi connectivity index (χ4v) is 4.72. The summed E-state index contributed by atoms with van der Waals surface area (Å²) in [5.41, 5.74) is 1.17. The molecule has 1 aliphatic heterocycles. The van der Waals surface area contributed by atoms with E-state index in [2.05, 4.69) is 4.99 Å². The van der Waals surface area contributed by atoms with Crippen molar-refractivity contribution in [1.82, 2.24) is 9.38 Å². The van der Waals surface area contributed by atoms with Crippen LogP contribution in [0.4, 0.5) is 15.3 Å². The Morgan fingerprint density at radius 1 is 1.03 bits per heavy atom. The highest BCUT2D eigenvalue weighted by Crippen LogP contribution is 2.32. The average Bonchev–Trinajstić information content (AvgIpc) is 3.58. The number of benzene rings is 2. The first-order valence-corrected chi connectivity index (χ1v) is 13.2. The lowest BCUT2D eigenvalue weighted by Gasteiger charge is -2.28. The highest BCUT2D eigenvalue weighted by molar-refractivity contribution is 7.13. The van der Waals surface area contributed by atoms with E-state index < -0.39 is 28.2 Å². The van der Waals surface area contributed by atoms with Crippen LogP contribution in [0.25, 0.3) is 10.4 Å². The summed E-state index contributed by atoms with van der Waals surface area (Å²) in [7, 11) is 1.59. The average molecular weight is 549 g/mol. The van der Waals surface area contributed by atoms with Gasteiger partial charge in [-0.3, -0.25) is 0 Å². The molecule has 0 saturated carbocycles. The third kappa shape index (κ3) is 6.24. The van der Waals surface area contributed by atoms with E-state index in [0.29, 0.717) is 17.1 Å². The molecule has 1 aliphatic rings. The highest BCUT2D eigenvalue weighted by atomic mass is 32.1. The van der Waals surface area contributed by atoms with Crippen LogP contribution in [0, 0.1) is 0 Å². The van der Waals surface area contributed by atoms with Gasteiger partial charge in [0.25, 0.3) is 0 Å². The molecule has 0 bridgehead atoms. The lowest BCUT2D eigenvalue weighted by atomic mass is 10.1. The number of hydrogen-bond acceptors (Lipinski definition) is 7. The molecule has 1 aromatic heterocycles. The van der Waals surface area contributed by atoms with Crippen molar-refractivity contribution in [3.63, 3.8) is 0 Å². The second-order valence-corrected chi connectivity index (χ2v) is 10.9.